The number of Topliss-reactive ketones (excluding diaryl/α,β-unsaturated/α-hetero) is 1. The Morgan fingerprint density at radius 3 is 2.16 bits per heavy atom. The van der Waals surface area contributed by atoms with Crippen LogP contribution < -0.4 is 0 Å². The second-order valence-electron chi connectivity index (χ2n) is 4.77. The number of ketones is 1. The topological polar surface area (TPSA) is 63.7 Å². The summed E-state index contributed by atoms with van der Waals surface area (Å²) in [4.78, 5) is 35.3. The molecule has 0 N–H and O–H groups in total. The van der Waals surface area contributed by atoms with Crippen molar-refractivity contribution in [3.63, 3.8) is 0 Å². The van der Waals surface area contributed by atoms with E-state index in [0.29, 0.717) is 31.6 Å². The van der Waals surface area contributed by atoms with Crippen molar-refractivity contribution in [1.82, 2.24) is 4.90 Å². The summed E-state index contributed by atoms with van der Waals surface area (Å²) >= 11 is 0. The maximum atomic E-state index is 11.6. The first-order valence-corrected chi connectivity index (χ1v) is 6.41. The minimum absolute atomic E-state index is 0.0191. The van der Waals surface area contributed by atoms with Crippen molar-refractivity contribution in [3.05, 3.63) is 12.2 Å². The van der Waals surface area contributed by atoms with Gasteiger partial charge < -0.3 is 9.64 Å². The molecule has 0 heterocycles. The number of hydrogen-bond acceptors (Lipinski definition) is 4. The van der Waals surface area contributed by atoms with E-state index in [1.165, 1.54) is 11.8 Å². The zero-order valence-electron chi connectivity index (χ0n) is 12.2. The lowest BCUT2D eigenvalue weighted by Gasteiger charge is -2.25. The maximum absolute atomic E-state index is 11.6. The van der Waals surface area contributed by atoms with E-state index in [1.54, 1.807) is 6.92 Å². The SMILES string of the molecule is C=C(C)C(=O)OCCCCN(C(=O)C(C)=O)C(C)C. The predicted octanol–water partition coefficient (Wildman–Crippen LogP) is 1.71. The van der Waals surface area contributed by atoms with E-state index < -0.39 is 17.7 Å². The Labute approximate surface area is 114 Å². The predicted molar refractivity (Wildman–Crippen MR) is 72.5 cm³/mol. The van der Waals surface area contributed by atoms with Gasteiger partial charge in [-0.1, -0.05) is 6.58 Å². The summed E-state index contributed by atoms with van der Waals surface area (Å²) < 4.78 is 4.94. The maximum Gasteiger partial charge on any atom is 0.333 e. The van der Waals surface area contributed by atoms with Crippen LogP contribution in [0.25, 0.3) is 0 Å². The zero-order valence-corrected chi connectivity index (χ0v) is 12.2. The molecule has 0 aliphatic heterocycles. The van der Waals surface area contributed by atoms with E-state index in [-0.39, 0.29) is 6.04 Å². The highest BCUT2D eigenvalue weighted by molar-refractivity contribution is 6.35. The van der Waals surface area contributed by atoms with Gasteiger partial charge >= 0.3 is 5.97 Å². The van der Waals surface area contributed by atoms with Crippen LogP contribution in [0.1, 0.15) is 40.5 Å². The van der Waals surface area contributed by atoms with Gasteiger partial charge in [-0.25, -0.2) is 4.79 Å². The van der Waals surface area contributed by atoms with Crippen molar-refractivity contribution in [1.29, 1.82) is 0 Å². The second kappa shape index (κ2) is 8.45. The number of ether oxygens (including phenoxy) is 1. The van der Waals surface area contributed by atoms with Crippen molar-refractivity contribution < 1.29 is 19.1 Å². The third-order valence-electron chi connectivity index (χ3n) is 2.56. The van der Waals surface area contributed by atoms with E-state index in [0.717, 1.165) is 0 Å². The number of amides is 1. The zero-order chi connectivity index (χ0) is 15.0. The fourth-order valence-corrected chi connectivity index (χ4v) is 1.47. The quantitative estimate of drug-likeness (QED) is 0.291. The standard InChI is InChI=1S/C14H23NO4/c1-10(2)14(18)19-9-7-6-8-15(11(3)4)13(17)12(5)16/h11H,1,6-9H2,2-5H3. The molecule has 0 aromatic heterocycles. The summed E-state index contributed by atoms with van der Waals surface area (Å²) in [6.45, 7) is 10.9. The molecule has 5 heteroatoms. The monoisotopic (exact) mass is 269 g/mol. The summed E-state index contributed by atoms with van der Waals surface area (Å²) in [7, 11) is 0. The molecule has 108 valence electrons. The van der Waals surface area contributed by atoms with Crippen LogP contribution in [0.4, 0.5) is 0 Å². The van der Waals surface area contributed by atoms with Crippen LogP contribution in [-0.4, -0.2) is 41.8 Å². The van der Waals surface area contributed by atoms with Crippen LogP contribution in [-0.2, 0) is 19.1 Å². The number of carbonyl (C=O) groups excluding carboxylic acids is 3. The smallest absolute Gasteiger partial charge is 0.333 e. The molecule has 1 amide bonds. The van der Waals surface area contributed by atoms with Crippen LogP contribution in [0.2, 0.25) is 0 Å². The highest BCUT2D eigenvalue weighted by Gasteiger charge is 2.20. The Bertz CT molecular complexity index is 360. The van der Waals surface area contributed by atoms with Gasteiger partial charge in [0, 0.05) is 25.1 Å². The van der Waals surface area contributed by atoms with Gasteiger partial charge in [0.15, 0.2) is 0 Å². The van der Waals surface area contributed by atoms with Crippen molar-refractivity contribution in [3.8, 4) is 0 Å². The van der Waals surface area contributed by atoms with Crippen LogP contribution in [0.5, 0.6) is 0 Å². The van der Waals surface area contributed by atoms with Crippen molar-refractivity contribution in [2.75, 3.05) is 13.2 Å². The molecule has 0 saturated heterocycles. The summed E-state index contributed by atoms with van der Waals surface area (Å²) in [6.07, 6.45) is 1.33. The Morgan fingerprint density at radius 1 is 1.16 bits per heavy atom. The molecule has 0 aromatic rings. The number of hydrogen-bond donors (Lipinski definition) is 0. The molecule has 0 aliphatic rings. The highest BCUT2D eigenvalue weighted by Crippen LogP contribution is 2.04. The molecule has 0 rings (SSSR count). The van der Waals surface area contributed by atoms with E-state index in [4.69, 9.17) is 4.74 Å². The first kappa shape index (κ1) is 17.4. The van der Waals surface area contributed by atoms with Gasteiger partial charge in [0.2, 0.25) is 5.78 Å². The average Bonchev–Trinajstić information content (AvgIpc) is 2.31. The van der Waals surface area contributed by atoms with Crippen molar-refractivity contribution >= 4 is 17.7 Å². The number of esters is 1. The Balaban J connectivity index is 4.02. The van der Waals surface area contributed by atoms with Gasteiger partial charge in [0.25, 0.3) is 5.91 Å². The minimum atomic E-state index is -0.464. The molecule has 19 heavy (non-hydrogen) atoms. The molecular weight excluding hydrogens is 246 g/mol. The Morgan fingerprint density at radius 2 is 1.74 bits per heavy atom. The molecule has 0 fully saturated rings. The highest BCUT2D eigenvalue weighted by atomic mass is 16.5. The third-order valence-corrected chi connectivity index (χ3v) is 2.56. The summed E-state index contributed by atoms with van der Waals surface area (Å²) in [5.74, 6) is -1.32. The largest absolute Gasteiger partial charge is 0.462 e. The summed E-state index contributed by atoms with van der Waals surface area (Å²) in [5.41, 5.74) is 0.371. The normalized spacial score (nSPS) is 10.2. The number of nitrogens with zero attached hydrogens (tertiary/aromatic N) is 1. The van der Waals surface area contributed by atoms with Gasteiger partial charge in [0.1, 0.15) is 0 Å². The fraction of sp³-hybridized carbons (Fsp3) is 0.643. The van der Waals surface area contributed by atoms with Crippen LogP contribution in [0, 0.1) is 0 Å². The van der Waals surface area contributed by atoms with E-state index in [9.17, 15) is 14.4 Å². The lowest BCUT2D eigenvalue weighted by atomic mass is 10.2. The number of carbonyl (C=O) groups is 3. The minimum Gasteiger partial charge on any atom is -0.462 e. The van der Waals surface area contributed by atoms with E-state index in [2.05, 4.69) is 6.58 Å². The van der Waals surface area contributed by atoms with Crippen molar-refractivity contribution in [2.24, 2.45) is 0 Å². The van der Waals surface area contributed by atoms with E-state index >= 15 is 0 Å². The van der Waals surface area contributed by atoms with Crippen LogP contribution in [0.15, 0.2) is 12.2 Å². The summed E-state index contributed by atoms with van der Waals surface area (Å²) in [6, 6.07) is -0.0191. The molecule has 0 aromatic carbocycles. The van der Waals surface area contributed by atoms with Crippen LogP contribution in [0.3, 0.4) is 0 Å². The molecule has 0 spiro atoms. The molecular formula is C14H23NO4. The van der Waals surface area contributed by atoms with Gasteiger partial charge in [-0.2, -0.15) is 0 Å². The van der Waals surface area contributed by atoms with E-state index in [1.807, 2.05) is 13.8 Å². The first-order valence-electron chi connectivity index (χ1n) is 6.41. The molecule has 0 saturated carbocycles. The van der Waals surface area contributed by atoms with Gasteiger partial charge in [-0.15, -0.1) is 0 Å². The Hall–Kier alpha value is -1.65. The molecule has 0 atom stereocenters. The number of unbranched alkanes of at least 4 members (excludes halogenated alkanes) is 1. The molecule has 0 bridgehead atoms. The molecule has 0 radical (unpaired) electrons. The van der Waals surface area contributed by atoms with Crippen LogP contribution >= 0.6 is 0 Å². The molecule has 5 nitrogen and oxygen atoms in total. The lowest BCUT2D eigenvalue weighted by molar-refractivity contribution is -0.145. The fourth-order valence-electron chi connectivity index (χ4n) is 1.47. The summed E-state index contributed by atoms with van der Waals surface area (Å²) in [5, 5.41) is 0. The second-order valence-corrected chi connectivity index (χ2v) is 4.77. The third kappa shape index (κ3) is 6.74. The van der Waals surface area contributed by atoms with Gasteiger partial charge in [0.05, 0.1) is 6.61 Å². The Kier molecular flexibility index (Phi) is 7.72. The molecule has 0 aliphatic carbocycles. The average molecular weight is 269 g/mol. The van der Waals surface area contributed by atoms with Gasteiger partial charge in [-0.05, 0) is 33.6 Å². The van der Waals surface area contributed by atoms with Gasteiger partial charge in [-0.3, -0.25) is 9.59 Å². The van der Waals surface area contributed by atoms with Crippen molar-refractivity contribution in [2.45, 2.75) is 46.6 Å². The lowest BCUT2D eigenvalue weighted by Crippen LogP contribution is -2.41. The molecule has 0 unspecified atom stereocenters. The number of rotatable bonds is 8. The first-order chi connectivity index (χ1) is 8.77.